The number of benzene rings is 1. The summed E-state index contributed by atoms with van der Waals surface area (Å²) in [5.74, 6) is 0.936. The summed E-state index contributed by atoms with van der Waals surface area (Å²) >= 11 is 0. The lowest BCUT2D eigenvalue weighted by Crippen LogP contribution is -2.14. The van der Waals surface area contributed by atoms with Crippen LogP contribution in [0.3, 0.4) is 0 Å². The Balaban J connectivity index is 1.57. The molecule has 0 radical (unpaired) electrons. The van der Waals surface area contributed by atoms with Gasteiger partial charge in [0.1, 0.15) is 17.3 Å². The fourth-order valence-electron chi connectivity index (χ4n) is 2.76. The van der Waals surface area contributed by atoms with Crippen molar-refractivity contribution < 1.29 is 14.1 Å². The van der Waals surface area contributed by atoms with Gasteiger partial charge in [-0.05, 0) is 31.2 Å². The van der Waals surface area contributed by atoms with Crippen molar-refractivity contribution in [1.82, 2.24) is 24.7 Å². The summed E-state index contributed by atoms with van der Waals surface area (Å²) < 4.78 is 13.7. The molecule has 0 fully saturated rings. The molecule has 28 heavy (non-hydrogen) atoms. The zero-order valence-corrected chi connectivity index (χ0v) is 15.6. The minimum Gasteiger partial charge on any atom is -0.497 e. The molecule has 1 amide bonds. The molecule has 0 spiro atoms. The second-order valence-corrected chi connectivity index (χ2v) is 6.21. The summed E-state index contributed by atoms with van der Waals surface area (Å²) in [5.41, 5.74) is 2.86. The third-order valence-corrected chi connectivity index (χ3v) is 4.12. The number of anilines is 1. The number of rotatable bonds is 5. The lowest BCUT2D eigenvalue weighted by atomic mass is 10.2. The van der Waals surface area contributed by atoms with Crippen LogP contribution < -0.4 is 10.1 Å². The van der Waals surface area contributed by atoms with Gasteiger partial charge in [0.15, 0.2) is 0 Å². The van der Waals surface area contributed by atoms with Crippen LogP contribution in [-0.2, 0) is 7.05 Å². The Morgan fingerprint density at radius 1 is 1.21 bits per heavy atom. The summed E-state index contributed by atoms with van der Waals surface area (Å²) in [7, 11) is 3.41. The third-order valence-electron chi connectivity index (χ3n) is 4.12. The molecular weight excluding hydrogens is 360 g/mol. The van der Waals surface area contributed by atoms with Crippen molar-refractivity contribution in [3.05, 3.63) is 60.2 Å². The zero-order valence-electron chi connectivity index (χ0n) is 15.6. The third kappa shape index (κ3) is 3.37. The number of carbonyl (C=O) groups excluding carboxylic acids is 1. The molecule has 142 valence electrons. The van der Waals surface area contributed by atoms with Crippen molar-refractivity contribution in [3.63, 3.8) is 0 Å². The highest BCUT2D eigenvalue weighted by atomic mass is 16.5. The number of aryl methyl sites for hydroxylation is 2. The van der Waals surface area contributed by atoms with Crippen molar-refractivity contribution in [2.45, 2.75) is 6.92 Å². The number of nitrogens with one attached hydrogen (secondary N) is 1. The molecular formula is C19H18N6O3. The number of amides is 1. The van der Waals surface area contributed by atoms with Gasteiger partial charge in [-0.3, -0.25) is 9.48 Å². The molecule has 3 aromatic heterocycles. The Morgan fingerprint density at radius 2 is 2.00 bits per heavy atom. The fraction of sp³-hybridized carbons (Fsp3) is 0.158. The smallest absolute Gasteiger partial charge is 0.295 e. The van der Waals surface area contributed by atoms with Gasteiger partial charge in [-0.15, -0.1) is 0 Å². The minimum atomic E-state index is -0.419. The standard InChI is InChI=1S/C19H18N6O3/c1-12-8-18(25(22-12)14-4-6-15(27-3)7-5-14)21-19(26)17-9-16(23-28-17)13-10-20-24(2)11-13/h4-11H,1-3H3,(H,21,26). The average molecular weight is 378 g/mol. The van der Waals surface area contributed by atoms with E-state index in [4.69, 9.17) is 9.26 Å². The van der Waals surface area contributed by atoms with Gasteiger partial charge in [0.2, 0.25) is 5.76 Å². The van der Waals surface area contributed by atoms with Gasteiger partial charge in [0, 0.05) is 30.9 Å². The number of carbonyl (C=O) groups is 1. The predicted molar refractivity (Wildman–Crippen MR) is 102 cm³/mol. The first-order valence-corrected chi connectivity index (χ1v) is 8.51. The SMILES string of the molecule is COc1ccc(-n2nc(C)cc2NC(=O)c2cc(-c3cnn(C)c3)no2)cc1. The highest BCUT2D eigenvalue weighted by Crippen LogP contribution is 2.22. The molecule has 3 heterocycles. The number of hydrogen-bond acceptors (Lipinski definition) is 6. The van der Waals surface area contributed by atoms with Crippen molar-refractivity contribution in [2.75, 3.05) is 12.4 Å². The maximum absolute atomic E-state index is 12.6. The van der Waals surface area contributed by atoms with Gasteiger partial charge in [-0.2, -0.15) is 10.2 Å². The number of methoxy groups -OCH3 is 1. The molecule has 9 heteroatoms. The van der Waals surface area contributed by atoms with Crippen LogP contribution in [-0.4, -0.2) is 37.7 Å². The first-order valence-electron chi connectivity index (χ1n) is 8.51. The van der Waals surface area contributed by atoms with Crippen molar-refractivity contribution in [3.8, 4) is 22.7 Å². The second-order valence-electron chi connectivity index (χ2n) is 6.21. The zero-order chi connectivity index (χ0) is 19.7. The van der Waals surface area contributed by atoms with Crippen LogP contribution in [0.4, 0.5) is 5.82 Å². The lowest BCUT2D eigenvalue weighted by Gasteiger charge is -2.08. The van der Waals surface area contributed by atoms with Crippen LogP contribution in [0, 0.1) is 6.92 Å². The topological polar surface area (TPSA) is 100 Å². The Bertz CT molecular complexity index is 1120. The Labute approximate surface area is 160 Å². The molecule has 9 nitrogen and oxygen atoms in total. The molecule has 0 saturated heterocycles. The van der Waals surface area contributed by atoms with Gasteiger partial charge in [-0.25, -0.2) is 4.68 Å². The molecule has 0 aliphatic rings. The van der Waals surface area contributed by atoms with E-state index in [9.17, 15) is 4.79 Å². The van der Waals surface area contributed by atoms with E-state index >= 15 is 0 Å². The van der Waals surface area contributed by atoms with Crippen LogP contribution >= 0.6 is 0 Å². The van der Waals surface area contributed by atoms with Gasteiger partial charge in [-0.1, -0.05) is 5.16 Å². The number of nitrogens with zero attached hydrogens (tertiary/aromatic N) is 5. The fourth-order valence-corrected chi connectivity index (χ4v) is 2.76. The predicted octanol–water partition coefficient (Wildman–Crippen LogP) is 2.83. The van der Waals surface area contributed by atoms with E-state index in [0.29, 0.717) is 11.5 Å². The number of hydrogen-bond donors (Lipinski definition) is 1. The van der Waals surface area contributed by atoms with Crippen LogP contribution in [0.2, 0.25) is 0 Å². The average Bonchev–Trinajstić information content (AvgIpc) is 3.41. The van der Waals surface area contributed by atoms with E-state index in [1.54, 1.807) is 48.0 Å². The molecule has 1 aromatic carbocycles. The van der Waals surface area contributed by atoms with Crippen LogP contribution in [0.5, 0.6) is 5.75 Å². The van der Waals surface area contributed by atoms with E-state index < -0.39 is 5.91 Å². The Morgan fingerprint density at radius 3 is 2.68 bits per heavy atom. The van der Waals surface area contributed by atoms with E-state index in [2.05, 4.69) is 20.7 Å². The molecule has 0 bridgehead atoms. The van der Waals surface area contributed by atoms with Crippen molar-refractivity contribution >= 4 is 11.7 Å². The van der Waals surface area contributed by atoms with Crippen LogP contribution in [0.25, 0.3) is 16.9 Å². The monoisotopic (exact) mass is 378 g/mol. The van der Waals surface area contributed by atoms with Gasteiger partial charge >= 0.3 is 0 Å². The highest BCUT2D eigenvalue weighted by molar-refractivity contribution is 6.02. The summed E-state index contributed by atoms with van der Waals surface area (Å²) in [4.78, 5) is 12.6. The largest absolute Gasteiger partial charge is 0.497 e. The van der Waals surface area contributed by atoms with E-state index in [1.807, 2.05) is 31.2 Å². The maximum Gasteiger partial charge on any atom is 0.295 e. The van der Waals surface area contributed by atoms with E-state index in [-0.39, 0.29) is 5.76 Å². The Hall–Kier alpha value is -3.88. The van der Waals surface area contributed by atoms with Crippen molar-refractivity contribution in [2.24, 2.45) is 7.05 Å². The van der Waals surface area contributed by atoms with Crippen LogP contribution in [0.15, 0.2) is 53.3 Å². The molecule has 0 aliphatic carbocycles. The normalized spacial score (nSPS) is 10.8. The second kappa shape index (κ2) is 7.03. The molecule has 0 atom stereocenters. The molecule has 4 rings (SSSR count). The molecule has 0 unspecified atom stereocenters. The first kappa shape index (κ1) is 17.5. The minimum absolute atomic E-state index is 0.0963. The Kier molecular flexibility index (Phi) is 4.40. The van der Waals surface area contributed by atoms with E-state index in [1.165, 1.54) is 0 Å². The summed E-state index contributed by atoms with van der Waals surface area (Å²) in [5, 5.41) is 15.3. The summed E-state index contributed by atoms with van der Waals surface area (Å²) in [6.45, 7) is 1.85. The van der Waals surface area contributed by atoms with Crippen molar-refractivity contribution in [1.29, 1.82) is 0 Å². The molecule has 0 saturated carbocycles. The summed E-state index contributed by atoms with van der Waals surface area (Å²) in [6, 6.07) is 10.7. The van der Waals surface area contributed by atoms with Crippen LogP contribution in [0.1, 0.15) is 16.2 Å². The van der Waals surface area contributed by atoms with Gasteiger partial charge < -0.3 is 14.6 Å². The van der Waals surface area contributed by atoms with Gasteiger partial charge in [0.05, 0.1) is 24.7 Å². The summed E-state index contributed by atoms with van der Waals surface area (Å²) in [6.07, 6.45) is 3.45. The number of aromatic nitrogens is 5. The number of ether oxygens (including phenoxy) is 1. The quantitative estimate of drug-likeness (QED) is 0.573. The molecule has 0 aliphatic heterocycles. The molecule has 1 N–H and O–H groups in total. The molecule has 4 aromatic rings. The lowest BCUT2D eigenvalue weighted by molar-refractivity contribution is 0.0987. The first-order chi connectivity index (χ1) is 13.5. The van der Waals surface area contributed by atoms with E-state index in [0.717, 1.165) is 22.7 Å². The van der Waals surface area contributed by atoms with Gasteiger partial charge in [0.25, 0.3) is 5.91 Å². The maximum atomic E-state index is 12.6. The highest BCUT2D eigenvalue weighted by Gasteiger charge is 2.18.